The molecule has 7 rings (SSSR count). The quantitative estimate of drug-likeness (QED) is 0.0296. The van der Waals surface area contributed by atoms with Crippen LogP contribution in [0.1, 0.15) is 68.2 Å². The number of likely N-dealkylation sites (tertiary alicyclic amines) is 1. The van der Waals surface area contributed by atoms with E-state index in [1.807, 2.05) is 89.8 Å². The highest BCUT2D eigenvalue weighted by atomic mass is 31.2. The van der Waals surface area contributed by atoms with Crippen LogP contribution in [0.2, 0.25) is 0 Å². The summed E-state index contributed by atoms with van der Waals surface area (Å²) < 4.78 is 39.9. The molecule has 2 heterocycles. The van der Waals surface area contributed by atoms with Gasteiger partial charge in [0.25, 0.3) is 8.53 Å². The molecule has 0 aromatic heterocycles. The standard InChI is InChI=1S/C50H55N4O8P/c1-5-28-53(29-6-2)63(60-30-10-27-51)62-44-32-40(54(34-44)49(56)26-14-36-13-25-47-46(31-36)52-45-24-19-41(55)33-48(45)61-47)35-59-50(37-11-8-7-9-12-37,38-15-20-42(57-3)21-16-38)39-17-22-43(58-4)23-18-39/h7-9,11-13,15-25,31,33,40,44H,5-6,10,14,26,28-30,32,34-35H2,1-4H3. The molecule has 2 aliphatic heterocycles. The normalized spacial score (nSPS) is 15.8. The summed E-state index contributed by atoms with van der Waals surface area (Å²) in [5, 5.41) is 9.33. The van der Waals surface area contributed by atoms with Crippen LogP contribution in [0.25, 0.3) is 22.6 Å². The van der Waals surface area contributed by atoms with Crippen molar-refractivity contribution in [3.05, 3.63) is 148 Å². The number of rotatable bonds is 21. The van der Waals surface area contributed by atoms with Crippen molar-refractivity contribution in [2.75, 3.05) is 47.1 Å². The molecule has 328 valence electrons. The fourth-order valence-electron chi connectivity index (χ4n) is 8.18. The van der Waals surface area contributed by atoms with Crippen molar-refractivity contribution in [1.29, 1.82) is 5.26 Å². The molecule has 4 aromatic rings. The van der Waals surface area contributed by atoms with Gasteiger partial charge in [-0.15, -0.1) is 0 Å². The predicted octanol–water partition coefficient (Wildman–Crippen LogP) is 9.52. The minimum absolute atomic E-state index is 0.0261. The number of fused-ring (bicyclic) bond motifs is 2. The Bertz CT molecular complexity index is 2420. The number of aryl methyl sites for hydroxylation is 1. The lowest BCUT2D eigenvalue weighted by atomic mass is 9.80. The summed E-state index contributed by atoms with van der Waals surface area (Å²) in [6.45, 7) is 6.66. The summed E-state index contributed by atoms with van der Waals surface area (Å²) in [6, 6.07) is 38.1. The third-order valence-electron chi connectivity index (χ3n) is 11.3. The summed E-state index contributed by atoms with van der Waals surface area (Å²) >= 11 is 0. The lowest BCUT2D eigenvalue weighted by molar-refractivity contribution is -0.134. The molecule has 12 nitrogen and oxygen atoms in total. The predicted molar refractivity (Wildman–Crippen MR) is 244 cm³/mol. The van der Waals surface area contributed by atoms with E-state index in [2.05, 4.69) is 36.7 Å². The van der Waals surface area contributed by atoms with E-state index in [0.717, 1.165) is 59.7 Å². The third kappa shape index (κ3) is 10.8. The summed E-state index contributed by atoms with van der Waals surface area (Å²) in [4.78, 5) is 33.2. The van der Waals surface area contributed by atoms with Crippen LogP contribution < -0.4 is 14.9 Å². The number of aromatic nitrogens is 1. The maximum Gasteiger partial charge on any atom is 0.259 e. The van der Waals surface area contributed by atoms with Crippen molar-refractivity contribution in [3.8, 4) is 29.0 Å². The second kappa shape index (κ2) is 21.6. The molecule has 3 unspecified atom stereocenters. The fraction of sp³-hybridized carbons (Fsp3) is 0.360. The van der Waals surface area contributed by atoms with Gasteiger partial charge in [0.1, 0.15) is 28.3 Å². The van der Waals surface area contributed by atoms with E-state index >= 15 is 0 Å². The first-order valence-corrected chi connectivity index (χ1v) is 22.7. The number of nitriles is 1. The summed E-state index contributed by atoms with van der Waals surface area (Å²) in [7, 11) is 1.80. The van der Waals surface area contributed by atoms with Crippen LogP contribution in [0, 0.1) is 11.3 Å². The zero-order chi connectivity index (χ0) is 44.2. The Labute approximate surface area is 370 Å². The number of ether oxygens (including phenoxy) is 3. The molecule has 63 heavy (non-hydrogen) atoms. The second-order valence-electron chi connectivity index (χ2n) is 15.6. The first-order valence-electron chi connectivity index (χ1n) is 21.6. The number of amides is 1. The van der Waals surface area contributed by atoms with E-state index in [0.29, 0.717) is 41.9 Å². The van der Waals surface area contributed by atoms with Crippen molar-refractivity contribution in [2.45, 2.75) is 70.1 Å². The number of methoxy groups -OCH3 is 2. The van der Waals surface area contributed by atoms with Gasteiger partial charge < -0.3 is 32.6 Å². The van der Waals surface area contributed by atoms with Crippen LogP contribution in [0.3, 0.4) is 0 Å². The average molecular weight is 871 g/mol. The highest BCUT2D eigenvalue weighted by Crippen LogP contribution is 2.47. The van der Waals surface area contributed by atoms with Crippen molar-refractivity contribution in [2.24, 2.45) is 0 Å². The second-order valence-corrected chi connectivity index (χ2v) is 17.1. The summed E-state index contributed by atoms with van der Waals surface area (Å²) in [6.07, 6.45) is 2.99. The molecule has 13 heteroatoms. The minimum atomic E-state index is -1.50. The SMILES string of the molecule is CCCN(CCC)P(OCCC#N)OC1CC(COC(c2ccccc2)(c2ccc(OC)cc2)c2ccc(OC)cc2)N(C(=O)CCc2ccc3oc4cc(=O)ccc-4nc3c2)C1. The Balaban J connectivity index is 1.21. The van der Waals surface area contributed by atoms with Gasteiger partial charge in [0.15, 0.2) is 16.8 Å². The van der Waals surface area contributed by atoms with Crippen molar-refractivity contribution >= 4 is 25.5 Å². The van der Waals surface area contributed by atoms with Gasteiger partial charge in [-0.3, -0.25) is 9.59 Å². The molecule has 1 aliphatic carbocycles. The first-order chi connectivity index (χ1) is 30.8. The maximum atomic E-state index is 14.6. The molecule has 1 fully saturated rings. The Morgan fingerprint density at radius 1 is 0.889 bits per heavy atom. The molecule has 0 N–H and O–H groups in total. The first kappa shape index (κ1) is 45.4. The smallest absolute Gasteiger partial charge is 0.259 e. The van der Waals surface area contributed by atoms with E-state index in [4.69, 9.17) is 32.7 Å². The van der Waals surface area contributed by atoms with Crippen LogP contribution in [-0.2, 0) is 30.6 Å². The Morgan fingerprint density at radius 3 is 2.19 bits per heavy atom. The number of hydrogen-bond donors (Lipinski definition) is 0. The molecule has 1 amide bonds. The van der Waals surface area contributed by atoms with Gasteiger partial charge in [-0.1, -0.05) is 74.5 Å². The van der Waals surface area contributed by atoms with E-state index in [1.165, 1.54) is 12.1 Å². The summed E-state index contributed by atoms with van der Waals surface area (Å²) in [5.74, 6) is 1.85. The molecule has 0 bridgehead atoms. The fourth-order valence-corrected chi connectivity index (χ4v) is 9.92. The molecular weight excluding hydrogens is 816 g/mol. The van der Waals surface area contributed by atoms with Gasteiger partial charge >= 0.3 is 0 Å². The lowest BCUT2D eigenvalue weighted by Gasteiger charge is -2.38. The molecule has 3 aliphatic rings. The Hall–Kier alpha value is -5.67. The van der Waals surface area contributed by atoms with Gasteiger partial charge in [0.05, 0.1) is 52.1 Å². The largest absolute Gasteiger partial charge is 0.497 e. The molecule has 0 spiro atoms. The number of benzene rings is 5. The van der Waals surface area contributed by atoms with Gasteiger partial charge in [0.2, 0.25) is 5.91 Å². The van der Waals surface area contributed by atoms with Crippen molar-refractivity contribution < 1.29 is 32.5 Å². The zero-order valence-corrected chi connectivity index (χ0v) is 37.3. The molecule has 1 saturated heterocycles. The van der Waals surface area contributed by atoms with Crippen molar-refractivity contribution in [3.63, 3.8) is 0 Å². The van der Waals surface area contributed by atoms with Gasteiger partial charge in [-0.25, -0.2) is 9.65 Å². The third-order valence-corrected chi connectivity index (χ3v) is 13.0. The van der Waals surface area contributed by atoms with E-state index in [1.54, 1.807) is 20.3 Å². The highest BCUT2D eigenvalue weighted by molar-refractivity contribution is 7.44. The molecule has 0 radical (unpaired) electrons. The number of hydrogen-bond acceptors (Lipinski definition) is 11. The lowest BCUT2D eigenvalue weighted by Crippen LogP contribution is -2.42. The van der Waals surface area contributed by atoms with Crippen LogP contribution in [0.5, 0.6) is 11.5 Å². The van der Waals surface area contributed by atoms with Crippen LogP contribution >= 0.6 is 8.53 Å². The van der Waals surface area contributed by atoms with E-state index in [-0.39, 0.29) is 49.5 Å². The maximum absolute atomic E-state index is 14.6. The number of nitrogens with zero attached hydrogens (tertiary/aromatic N) is 4. The monoisotopic (exact) mass is 870 g/mol. The highest BCUT2D eigenvalue weighted by Gasteiger charge is 2.43. The molecule has 0 saturated carbocycles. The van der Waals surface area contributed by atoms with Crippen LogP contribution in [0.4, 0.5) is 0 Å². The van der Waals surface area contributed by atoms with Crippen LogP contribution in [-0.4, -0.2) is 79.7 Å². The van der Waals surface area contributed by atoms with Gasteiger partial charge in [-0.2, -0.15) is 5.26 Å². The van der Waals surface area contributed by atoms with Crippen LogP contribution in [0.15, 0.2) is 124 Å². The summed E-state index contributed by atoms with van der Waals surface area (Å²) in [5.41, 5.74) is 4.22. The molecular formula is C50H55N4O8P. The average Bonchev–Trinajstić information content (AvgIpc) is 3.73. The topological polar surface area (TPSA) is 137 Å². The number of carbonyl (C=O) groups excluding carboxylic acids is 1. The Kier molecular flexibility index (Phi) is 15.6. The van der Waals surface area contributed by atoms with E-state index in [9.17, 15) is 14.9 Å². The molecule has 3 atom stereocenters. The van der Waals surface area contributed by atoms with Gasteiger partial charge in [0, 0.05) is 32.1 Å². The molecule has 4 aromatic carbocycles. The van der Waals surface area contributed by atoms with Gasteiger partial charge in [-0.05, 0) is 96.5 Å². The van der Waals surface area contributed by atoms with E-state index < -0.39 is 14.1 Å². The zero-order valence-electron chi connectivity index (χ0n) is 36.4. The van der Waals surface area contributed by atoms with Crippen molar-refractivity contribution in [1.82, 2.24) is 14.6 Å². The Morgan fingerprint density at radius 2 is 1.56 bits per heavy atom. The minimum Gasteiger partial charge on any atom is -0.497 e. The number of carbonyl (C=O) groups is 1.